The lowest BCUT2D eigenvalue weighted by Crippen LogP contribution is -2.31. The van der Waals surface area contributed by atoms with Crippen molar-refractivity contribution in [2.45, 2.75) is 13.1 Å². The number of imidazole rings is 1. The summed E-state index contributed by atoms with van der Waals surface area (Å²) in [5, 5.41) is 3.06. The van der Waals surface area contributed by atoms with Crippen molar-refractivity contribution in [1.29, 1.82) is 0 Å². The number of hydrogen-bond acceptors (Lipinski definition) is 4. The van der Waals surface area contributed by atoms with E-state index in [9.17, 15) is 0 Å². The van der Waals surface area contributed by atoms with Crippen LogP contribution in [0.15, 0.2) is 59.7 Å². The second-order valence-corrected chi connectivity index (χ2v) is 5.85. The van der Waals surface area contributed by atoms with Crippen LogP contribution in [-0.2, 0) is 13.1 Å². The van der Waals surface area contributed by atoms with E-state index in [1.807, 2.05) is 54.7 Å². The van der Waals surface area contributed by atoms with Crippen LogP contribution < -0.4 is 20.5 Å². The minimum absolute atomic E-state index is 0.349. The number of nitrogens with zero attached hydrogens (tertiary/aromatic N) is 2. The van der Waals surface area contributed by atoms with Crippen LogP contribution in [0.2, 0.25) is 0 Å². The highest BCUT2D eigenvalue weighted by atomic mass is 16.5. The first-order valence-electron chi connectivity index (χ1n) is 8.53. The molecule has 27 heavy (non-hydrogen) atoms. The van der Waals surface area contributed by atoms with Crippen LogP contribution in [0.1, 0.15) is 11.4 Å². The third-order valence-corrected chi connectivity index (χ3v) is 4.03. The molecule has 0 saturated carbocycles. The van der Waals surface area contributed by atoms with Gasteiger partial charge in [0.25, 0.3) is 0 Å². The molecule has 0 radical (unpaired) electrons. The molecule has 0 amide bonds. The predicted molar refractivity (Wildman–Crippen MR) is 106 cm³/mol. The van der Waals surface area contributed by atoms with E-state index in [1.54, 1.807) is 14.2 Å². The fourth-order valence-corrected chi connectivity index (χ4v) is 2.60. The van der Waals surface area contributed by atoms with Gasteiger partial charge in [0.05, 0.1) is 39.2 Å². The zero-order valence-electron chi connectivity index (χ0n) is 15.4. The molecule has 1 heterocycles. The summed E-state index contributed by atoms with van der Waals surface area (Å²) in [6.45, 7) is 0.903. The van der Waals surface area contributed by atoms with E-state index in [2.05, 4.69) is 20.3 Å². The standard InChI is InChI=1S/C20H23N5O2/c1-26-17-9-8-14(10-18(17)27-2)11-23-20(21)24-13-19-22-12-16(25-19)15-6-4-3-5-7-15/h3-10,12H,11,13H2,1-2H3,(H,22,25)(H3,21,23,24). The minimum Gasteiger partial charge on any atom is -0.493 e. The van der Waals surface area contributed by atoms with Gasteiger partial charge in [-0.3, -0.25) is 0 Å². The summed E-state index contributed by atoms with van der Waals surface area (Å²) < 4.78 is 10.5. The highest BCUT2D eigenvalue weighted by molar-refractivity contribution is 5.77. The van der Waals surface area contributed by atoms with Gasteiger partial charge in [0.2, 0.25) is 0 Å². The van der Waals surface area contributed by atoms with Gasteiger partial charge in [0, 0.05) is 0 Å². The minimum atomic E-state index is 0.349. The first kappa shape index (κ1) is 18.3. The van der Waals surface area contributed by atoms with Gasteiger partial charge < -0.3 is 25.5 Å². The van der Waals surface area contributed by atoms with Gasteiger partial charge in [-0.15, -0.1) is 0 Å². The molecule has 140 valence electrons. The number of aliphatic imine (C=N–C) groups is 1. The van der Waals surface area contributed by atoms with Gasteiger partial charge in [-0.05, 0) is 23.3 Å². The van der Waals surface area contributed by atoms with Gasteiger partial charge in [0.1, 0.15) is 5.82 Å². The Hall–Kier alpha value is -3.48. The number of benzene rings is 2. The lowest BCUT2D eigenvalue weighted by molar-refractivity contribution is 0.354. The van der Waals surface area contributed by atoms with E-state index in [0.717, 1.165) is 22.6 Å². The largest absolute Gasteiger partial charge is 0.493 e. The number of rotatable bonds is 7. The smallest absolute Gasteiger partial charge is 0.189 e. The van der Waals surface area contributed by atoms with Crippen molar-refractivity contribution < 1.29 is 9.47 Å². The van der Waals surface area contributed by atoms with Crippen molar-refractivity contribution in [2.24, 2.45) is 10.7 Å². The molecule has 3 rings (SSSR count). The van der Waals surface area contributed by atoms with E-state index in [4.69, 9.17) is 15.2 Å². The summed E-state index contributed by atoms with van der Waals surface area (Å²) in [5.41, 5.74) is 8.98. The van der Waals surface area contributed by atoms with E-state index < -0.39 is 0 Å². The molecule has 2 aromatic carbocycles. The van der Waals surface area contributed by atoms with Gasteiger partial charge in [-0.1, -0.05) is 36.4 Å². The van der Waals surface area contributed by atoms with E-state index in [-0.39, 0.29) is 0 Å². The molecule has 3 aromatic rings. The van der Waals surface area contributed by atoms with E-state index in [0.29, 0.717) is 30.5 Å². The summed E-state index contributed by atoms with van der Waals surface area (Å²) in [5.74, 6) is 2.49. The Bertz CT molecular complexity index is 906. The second-order valence-electron chi connectivity index (χ2n) is 5.85. The van der Waals surface area contributed by atoms with Crippen LogP contribution in [-0.4, -0.2) is 30.1 Å². The van der Waals surface area contributed by atoms with E-state index >= 15 is 0 Å². The number of nitrogens with two attached hydrogens (primary N) is 1. The van der Waals surface area contributed by atoms with Gasteiger partial charge >= 0.3 is 0 Å². The Morgan fingerprint density at radius 1 is 1.11 bits per heavy atom. The molecule has 0 aliphatic rings. The third kappa shape index (κ3) is 4.78. The number of aromatic amines is 1. The molecule has 0 spiro atoms. The number of nitrogens with one attached hydrogen (secondary N) is 2. The molecule has 0 aliphatic heterocycles. The molecule has 7 nitrogen and oxygen atoms in total. The number of hydrogen-bond donors (Lipinski definition) is 3. The lowest BCUT2D eigenvalue weighted by atomic mass is 10.2. The average molecular weight is 365 g/mol. The summed E-state index contributed by atoms with van der Waals surface area (Å²) in [6, 6.07) is 15.7. The maximum Gasteiger partial charge on any atom is 0.189 e. The normalized spacial score (nSPS) is 11.3. The van der Waals surface area contributed by atoms with Crippen LogP contribution >= 0.6 is 0 Å². The van der Waals surface area contributed by atoms with Crippen LogP contribution in [0.3, 0.4) is 0 Å². The fraction of sp³-hybridized carbons (Fsp3) is 0.200. The predicted octanol–water partition coefficient (Wildman–Crippen LogP) is 2.70. The topological polar surface area (TPSA) is 97.5 Å². The molecule has 0 fully saturated rings. The summed E-state index contributed by atoms with van der Waals surface area (Å²) in [7, 11) is 3.21. The molecular weight excluding hydrogens is 342 g/mol. The monoisotopic (exact) mass is 365 g/mol. The van der Waals surface area contributed by atoms with Crippen molar-refractivity contribution in [1.82, 2.24) is 15.3 Å². The van der Waals surface area contributed by atoms with Crippen LogP contribution in [0.4, 0.5) is 0 Å². The molecule has 7 heteroatoms. The van der Waals surface area contributed by atoms with Crippen molar-refractivity contribution in [3.05, 3.63) is 66.1 Å². The summed E-state index contributed by atoms with van der Waals surface area (Å²) >= 11 is 0. The lowest BCUT2D eigenvalue weighted by Gasteiger charge is -2.09. The quantitative estimate of drug-likeness (QED) is 0.442. The maximum absolute atomic E-state index is 5.96. The zero-order valence-corrected chi connectivity index (χ0v) is 15.4. The molecular formula is C20H23N5O2. The van der Waals surface area contributed by atoms with Gasteiger partial charge in [-0.25, -0.2) is 9.98 Å². The summed E-state index contributed by atoms with van der Waals surface area (Å²) in [4.78, 5) is 12.0. The van der Waals surface area contributed by atoms with E-state index in [1.165, 1.54) is 0 Å². The summed E-state index contributed by atoms with van der Waals surface area (Å²) in [6.07, 6.45) is 1.81. The Balaban J connectivity index is 1.56. The molecule has 0 unspecified atom stereocenters. The maximum atomic E-state index is 5.96. The number of methoxy groups -OCH3 is 2. The van der Waals surface area contributed by atoms with Crippen molar-refractivity contribution in [3.63, 3.8) is 0 Å². The van der Waals surface area contributed by atoms with Crippen molar-refractivity contribution in [2.75, 3.05) is 14.2 Å². The average Bonchev–Trinajstić information content (AvgIpc) is 3.20. The highest BCUT2D eigenvalue weighted by Crippen LogP contribution is 2.27. The first-order valence-corrected chi connectivity index (χ1v) is 8.53. The highest BCUT2D eigenvalue weighted by Gasteiger charge is 2.05. The molecule has 0 aliphatic carbocycles. The van der Waals surface area contributed by atoms with Crippen LogP contribution in [0.5, 0.6) is 11.5 Å². The number of aromatic nitrogens is 2. The van der Waals surface area contributed by atoms with Crippen molar-refractivity contribution in [3.8, 4) is 22.8 Å². The molecule has 0 bridgehead atoms. The molecule has 4 N–H and O–H groups in total. The van der Waals surface area contributed by atoms with Crippen LogP contribution in [0, 0.1) is 0 Å². The Morgan fingerprint density at radius 2 is 1.89 bits per heavy atom. The Morgan fingerprint density at radius 3 is 2.63 bits per heavy atom. The fourth-order valence-electron chi connectivity index (χ4n) is 2.60. The second kappa shape index (κ2) is 8.75. The number of guanidine groups is 1. The third-order valence-electron chi connectivity index (χ3n) is 4.03. The SMILES string of the molecule is COc1ccc(CN=C(N)NCc2ncc(-c3ccccc3)[nH]2)cc1OC. The Labute approximate surface area is 158 Å². The van der Waals surface area contributed by atoms with Crippen LogP contribution in [0.25, 0.3) is 11.3 Å². The van der Waals surface area contributed by atoms with Gasteiger partial charge in [0.15, 0.2) is 17.5 Å². The number of H-pyrrole nitrogens is 1. The van der Waals surface area contributed by atoms with Crippen molar-refractivity contribution >= 4 is 5.96 Å². The Kier molecular flexibility index (Phi) is 5.94. The number of ether oxygens (including phenoxy) is 2. The van der Waals surface area contributed by atoms with Gasteiger partial charge in [-0.2, -0.15) is 0 Å². The first-order chi connectivity index (χ1) is 13.2. The molecule has 1 aromatic heterocycles. The molecule has 0 atom stereocenters. The zero-order chi connectivity index (χ0) is 19.1. The molecule has 0 saturated heterocycles.